The average molecular weight is 322 g/mol. The minimum atomic E-state index is 0.0694. The molecular weight excluding hydrogens is 306 g/mol. The van der Waals surface area contributed by atoms with Crippen LogP contribution < -0.4 is 0 Å². The number of nitrogens with zero attached hydrogens (tertiary/aromatic N) is 3. The summed E-state index contributed by atoms with van der Waals surface area (Å²) < 4.78 is 2.76. The second-order valence-electron chi connectivity index (χ2n) is 4.77. The van der Waals surface area contributed by atoms with Crippen molar-refractivity contribution in [1.29, 1.82) is 0 Å². The highest BCUT2D eigenvalue weighted by atomic mass is 79.9. The van der Waals surface area contributed by atoms with Gasteiger partial charge in [0, 0.05) is 16.1 Å². The first-order chi connectivity index (χ1) is 8.99. The fraction of sp³-hybridized carbons (Fsp3) is 0.357. The maximum absolute atomic E-state index is 12.3. The Bertz CT molecular complexity index is 604. The van der Waals surface area contributed by atoms with Crippen LogP contribution in [-0.2, 0) is 6.42 Å². The predicted octanol–water partition coefficient (Wildman–Crippen LogP) is 3.36. The maximum atomic E-state index is 12.3. The number of carbonyl (C=O) groups is 1. The lowest BCUT2D eigenvalue weighted by Gasteiger charge is -2.09. The molecule has 0 spiro atoms. The van der Waals surface area contributed by atoms with Gasteiger partial charge in [0.25, 0.3) is 0 Å². The molecule has 0 amide bonds. The van der Waals surface area contributed by atoms with Crippen LogP contribution in [0.4, 0.5) is 0 Å². The molecule has 2 aromatic rings. The Morgan fingerprint density at radius 3 is 2.79 bits per heavy atom. The van der Waals surface area contributed by atoms with E-state index in [2.05, 4.69) is 26.0 Å². The van der Waals surface area contributed by atoms with E-state index in [1.807, 2.05) is 39.0 Å². The Labute approximate surface area is 121 Å². The Balaban J connectivity index is 2.23. The lowest BCUT2D eigenvalue weighted by atomic mass is 10.0. The van der Waals surface area contributed by atoms with Crippen LogP contribution >= 0.6 is 15.9 Å². The van der Waals surface area contributed by atoms with Crippen molar-refractivity contribution in [3.8, 4) is 0 Å². The summed E-state index contributed by atoms with van der Waals surface area (Å²) in [6.45, 7) is 5.98. The van der Waals surface area contributed by atoms with Crippen LogP contribution in [0.5, 0.6) is 0 Å². The van der Waals surface area contributed by atoms with Gasteiger partial charge < -0.3 is 0 Å². The molecule has 2 rings (SSSR count). The van der Waals surface area contributed by atoms with E-state index in [1.54, 1.807) is 4.68 Å². The number of halogens is 1. The third-order valence-corrected chi connectivity index (χ3v) is 3.44. The van der Waals surface area contributed by atoms with Crippen molar-refractivity contribution in [1.82, 2.24) is 14.8 Å². The van der Waals surface area contributed by atoms with Crippen molar-refractivity contribution in [3.05, 3.63) is 46.0 Å². The molecule has 19 heavy (non-hydrogen) atoms. The van der Waals surface area contributed by atoms with Gasteiger partial charge in [-0.05, 0) is 38.5 Å². The number of hydrogen-bond donors (Lipinski definition) is 0. The van der Waals surface area contributed by atoms with Gasteiger partial charge in [-0.15, -0.1) is 0 Å². The molecule has 5 heteroatoms. The van der Waals surface area contributed by atoms with Gasteiger partial charge in [0.15, 0.2) is 5.78 Å². The van der Waals surface area contributed by atoms with Gasteiger partial charge in [-0.25, -0.2) is 9.67 Å². The maximum Gasteiger partial charge on any atom is 0.170 e. The third kappa shape index (κ3) is 3.10. The van der Waals surface area contributed by atoms with E-state index >= 15 is 0 Å². The van der Waals surface area contributed by atoms with Crippen molar-refractivity contribution < 1.29 is 4.79 Å². The first-order valence-electron chi connectivity index (χ1n) is 6.16. The number of Topliss-reactive ketones (excluding diaryl/α,β-unsaturated/α-hetero) is 1. The normalized spacial score (nSPS) is 11.0. The van der Waals surface area contributed by atoms with E-state index in [0.717, 1.165) is 15.6 Å². The summed E-state index contributed by atoms with van der Waals surface area (Å²) in [6.07, 6.45) is 1.78. The molecular formula is C14H16BrN3O. The number of carbonyl (C=O) groups excluding carboxylic acids is 1. The highest BCUT2D eigenvalue weighted by Gasteiger charge is 2.15. The number of hydrogen-bond acceptors (Lipinski definition) is 3. The monoisotopic (exact) mass is 321 g/mol. The van der Waals surface area contributed by atoms with Crippen LogP contribution in [0.1, 0.15) is 41.6 Å². The first-order valence-corrected chi connectivity index (χ1v) is 6.96. The molecule has 0 bridgehead atoms. The number of aromatic nitrogens is 3. The second-order valence-corrected chi connectivity index (χ2v) is 5.69. The SMILES string of the molecule is Cc1cc(Br)ccc1C(=O)Cc1ncnn1C(C)C. The van der Waals surface area contributed by atoms with Gasteiger partial charge in [0.2, 0.25) is 0 Å². The summed E-state index contributed by atoms with van der Waals surface area (Å²) in [4.78, 5) is 16.5. The van der Waals surface area contributed by atoms with Crippen LogP contribution in [0.15, 0.2) is 29.0 Å². The zero-order chi connectivity index (χ0) is 14.0. The van der Waals surface area contributed by atoms with E-state index in [4.69, 9.17) is 0 Å². The average Bonchev–Trinajstić information content (AvgIpc) is 2.76. The Morgan fingerprint density at radius 1 is 1.42 bits per heavy atom. The van der Waals surface area contributed by atoms with Gasteiger partial charge in [-0.1, -0.05) is 22.0 Å². The Hall–Kier alpha value is -1.49. The molecule has 1 heterocycles. The molecule has 0 aliphatic rings. The topological polar surface area (TPSA) is 47.8 Å². The van der Waals surface area contributed by atoms with Crippen LogP contribution in [0.2, 0.25) is 0 Å². The number of benzene rings is 1. The third-order valence-electron chi connectivity index (χ3n) is 2.94. The molecule has 1 aromatic heterocycles. The van der Waals surface area contributed by atoms with E-state index in [1.165, 1.54) is 6.33 Å². The van der Waals surface area contributed by atoms with Crippen molar-refractivity contribution in [3.63, 3.8) is 0 Å². The fourth-order valence-corrected chi connectivity index (χ4v) is 2.49. The Morgan fingerprint density at radius 2 is 2.16 bits per heavy atom. The molecule has 0 radical (unpaired) electrons. The summed E-state index contributed by atoms with van der Waals surface area (Å²) in [5.41, 5.74) is 1.71. The fourth-order valence-electron chi connectivity index (χ4n) is 2.01. The second kappa shape index (κ2) is 5.65. The van der Waals surface area contributed by atoms with Gasteiger partial charge >= 0.3 is 0 Å². The number of aryl methyl sites for hydroxylation is 1. The van der Waals surface area contributed by atoms with Crippen molar-refractivity contribution >= 4 is 21.7 Å². The van der Waals surface area contributed by atoms with Crippen LogP contribution in [0, 0.1) is 6.92 Å². The van der Waals surface area contributed by atoms with Gasteiger partial charge in [-0.3, -0.25) is 4.79 Å². The molecule has 0 aliphatic heterocycles. The highest BCUT2D eigenvalue weighted by Crippen LogP contribution is 2.18. The highest BCUT2D eigenvalue weighted by molar-refractivity contribution is 9.10. The first kappa shape index (κ1) is 13.9. The molecule has 0 unspecified atom stereocenters. The molecule has 1 aromatic carbocycles. The van der Waals surface area contributed by atoms with Crippen LogP contribution in [0.25, 0.3) is 0 Å². The van der Waals surface area contributed by atoms with E-state index in [0.29, 0.717) is 5.82 Å². The lowest BCUT2D eigenvalue weighted by Crippen LogP contribution is -2.13. The standard InChI is InChI=1S/C14H16BrN3O/c1-9(2)18-14(16-8-17-18)7-13(19)12-5-4-11(15)6-10(12)3/h4-6,8-9H,7H2,1-3H3. The largest absolute Gasteiger partial charge is 0.294 e. The summed E-state index contributed by atoms with van der Waals surface area (Å²) in [5.74, 6) is 0.780. The summed E-state index contributed by atoms with van der Waals surface area (Å²) in [6, 6.07) is 5.88. The van der Waals surface area contributed by atoms with E-state index < -0.39 is 0 Å². The Kier molecular flexibility index (Phi) is 4.14. The van der Waals surface area contributed by atoms with E-state index in [9.17, 15) is 4.79 Å². The van der Waals surface area contributed by atoms with Gasteiger partial charge in [0.1, 0.15) is 12.2 Å². The van der Waals surface area contributed by atoms with Crippen molar-refractivity contribution in [2.45, 2.75) is 33.2 Å². The quantitative estimate of drug-likeness (QED) is 0.811. The summed E-state index contributed by atoms with van der Waals surface area (Å²) >= 11 is 3.40. The van der Waals surface area contributed by atoms with Gasteiger partial charge in [0.05, 0.1) is 6.42 Å². The molecule has 4 nitrogen and oxygen atoms in total. The van der Waals surface area contributed by atoms with Gasteiger partial charge in [-0.2, -0.15) is 5.10 Å². The molecule has 100 valence electrons. The van der Waals surface area contributed by atoms with Crippen LogP contribution in [0.3, 0.4) is 0 Å². The number of rotatable bonds is 4. The molecule has 0 saturated heterocycles. The van der Waals surface area contributed by atoms with Crippen LogP contribution in [-0.4, -0.2) is 20.5 Å². The summed E-state index contributed by atoms with van der Waals surface area (Å²) in [5, 5.41) is 4.14. The molecule has 0 saturated carbocycles. The van der Waals surface area contributed by atoms with Crippen molar-refractivity contribution in [2.24, 2.45) is 0 Å². The molecule has 0 atom stereocenters. The predicted molar refractivity (Wildman–Crippen MR) is 77.3 cm³/mol. The smallest absolute Gasteiger partial charge is 0.170 e. The zero-order valence-corrected chi connectivity index (χ0v) is 12.8. The number of ketones is 1. The van der Waals surface area contributed by atoms with E-state index in [-0.39, 0.29) is 18.2 Å². The minimum Gasteiger partial charge on any atom is -0.294 e. The van der Waals surface area contributed by atoms with Crippen molar-refractivity contribution in [2.75, 3.05) is 0 Å². The molecule has 0 aliphatic carbocycles. The lowest BCUT2D eigenvalue weighted by molar-refractivity contribution is 0.0988. The molecule has 0 fully saturated rings. The minimum absolute atomic E-state index is 0.0694. The summed E-state index contributed by atoms with van der Waals surface area (Å²) in [7, 11) is 0. The molecule has 0 N–H and O–H groups in total. The zero-order valence-electron chi connectivity index (χ0n) is 11.2.